The molecule has 17 heavy (non-hydrogen) atoms. The molecule has 0 aliphatic carbocycles. The molecule has 0 radical (unpaired) electrons. The molecule has 5 nitrogen and oxygen atoms in total. The molecule has 0 aliphatic heterocycles. The lowest BCUT2D eigenvalue weighted by atomic mass is 10.4. The van der Waals surface area contributed by atoms with Crippen LogP contribution in [0.5, 0.6) is 0 Å². The van der Waals surface area contributed by atoms with E-state index < -0.39 is 5.82 Å². The van der Waals surface area contributed by atoms with E-state index in [9.17, 15) is 4.39 Å². The number of aromatic nitrogens is 2. The van der Waals surface area contributed by atoms with E-state index in [2.05, 4.69) is 15.3 Å². The van der Waals surface area contributed by atoms with E-state index >= 15 is 0 Å². The van der Waals surface area contributed by atoms with Crippen molar-refractivity contribution in [1.82, 2.24) is 9.97 Å². The third-order valence-corrected chi connectivity index (χ3v) is 2.34. The lowest BCUT2D eigenvalue weighted by Crippen LogP contribution is -2.29. The summed E-state index contributed by atoms with van der Waals surface area (Å²) in [6.07, 6.45) is 1.18. The summed E-state index contributed by atoms with van der Waals surface area (Å²) < 4.78 is 18.9. The maximum Gasteiger partial charge on any atom is 0.224 e. The van der Waals surface area contributed by atoms with Gasteiger partial charge in [-0.2, -0.15) is 4.98 Å². The third-order valence-electron chi connectivity index (χ3n) is 2.34. The van der Waals surface area contributed by atoms with Crippen LogP contribution in [0.3, 0.4) is 0 Å². The average Bonchev–Trinajstić information content (AvgIpc) is 2.36. The smallest absolute Gasteiger partial charge is 0.224 e. The molecule has 0 bridgehead atoms. The van der Waals surface area contributed by atoms with Gasteiger partial charge < -0.3 is 15.0 Å². The van der Waals surface area contributed by atoms with Gasteiger partial charge in [-0.1, -0.05) is 0 Å². The minimum absolute atomic E-state index is 0.312. The fraction of sp³-hybridized carbons (Fsp3) is 0.636. The van der Waals surface area contributed by atoms with Crippen LogP contribution in [0.25, 0.3) is 0 Å². The van der Waals surface area contributed by atoms with Crippen molar-refractivity contribution in [2.24, 2.45) is 0 Å². The van der Waals surface area contributed by atoms with E-state index in [0.717, 1.165) is 0 Å². The Bertz CT molecular complexity index is 348. The van der Waals surface area contributed by atoms with Crippen LogP contribution in [-0.4, -0.2) is 43.3 Å². The molecule has 0 spiro atoms. The van der Waals surface area contributed by atoms with Crippen LogP contribution in [0, 0.1) is 5.82 Å². The molecule has 1 heterocycles. The molecule has 0 aromatic carbocycles. The largest absolute Gasteiger partial charge is 0.380 e. The van der Waals surface area contributed by atoms with Crippen molar-refractivity contribution in [3.8, 4) is 0 Å². The Morgan fingerprint density at radius 1 is 1.47 bits per heavy atom. The molecule has 0 saturated heterocycles. The first-order valence-corrected chi connectivity index (χ1v) is 5.75. The minimum Gasteiger partial charge on any atom is -0.380 e. The normalized spacial score (nSPS) is 10.4. The van der Waals surface area contributed by atoms with Gasteiger partial charge in [-0.25, -0.2) is 9.37 Å². The zero-order valence-electron chi connectivity index (χ0n) is 10.5. The van der Waals surface area contributed by atoms with E-state index in [1.54, 1.807) is 7.05 Å². The lowest BCUT2D eigenvalue weighted by Gasteiger charge is -2.22. The SMILES string of the molecule is CCOCCN(CC)c1nc(NC)ncc1F. The second-order valence-corrected chi connectivity index (χ2v) is 3.39. The molecule has 1 aromatic rings. The van der Waals surface area contributed by atoms with Gasteiger partial charge in [0.05, 0.1) is 12.8 Å². The third kappa shape index (κ3) is 3.81. The number of hydrogen-bond acceptors (Lipinski definition) is 5. The van der Waals surface area contributed by atoms with Crippen LogP contribution < -0.4 is 10.2 Å². The Balaban J connectivity index is 2.78. The maximum atomic E-state index is 13.6. The van der Waals surface area contributed by atoms with E-state index in [0.29, 0.717) is 38.1 Å². The number of nitrogens with one attached hydrogen (secondary N) is 1. The highest BCUT2D eigenvalue weighted by Gasteiger charge is 2.13. The molecule has 1 N–H and O–H groups in total. The fourth-order valence-electron chi connectivity index (χ4n) is 1.43. The van der Waals surface area contributed by atoms with Gasteiger partial charge in [0.2, 0.25) is 5.95 Å². The average molecular weight is 242 g/mol. The quantitative estimate of drug-likeness (QED) is 0.735. The number of anilines is 2. The number of rotatable bonds is 7. The molecule has 6 heteroatoms. The zero-order valence-corrected chi connectivity index (χ0v) is 10.5. The van der Waals surface area contributed by atoms with Crippen LogP contribution in [0.4, 0.5) is 16.2 Å². The van der Waals surface area contributed by atoms with Gasteiger partial charge >= 0.3 is 0 Å². The second kappa shape index (κ2) is 7.01. The lowest BCUT2D eigenvalue weighted by molar-refractivity contribution is 0.154. The van der Waals surface area contributed by atoms with Gasteiger partial charge in [0, 0.05) is 26.7 Å². The summed E-state index contributed by atoms with van der Waals surface area (Å²) in [5, 5.41) is 2.79. The fourth-order valence-corrected chi connectivity index (χ4v) is 1.43. The molecule has 0 amide bonds. The summed E-state index contributed by atoms with van der Waals surface area (Å²) in [4.78, 5) is 9.76. The topological polar surface area (TPSA) is 50.3 Å². The molecule has 0 unspecified atom stereocenters. The van der Waals surface area contributed by atoms with Crippen molar-refractivity contribution in [3.05, 3.63) is 12.0 Å². The summed E-state index contributed by atoms with van der Waals surface area (Å²) in [5.41, 5.74) is 0. The number of nitrogens with zero attached hydrogens (tertiary/aromatic N) is 3. The molecule has 1 rings (SSSR count). The van der Waals surface area contributed by atoms with Gasteiger partial charge in [0.1, 0.15) is 0 Å². The van der Waals surface area contributed by atoms with Gasteiger partial charge in [-0.05, 0) is 13.8 Å². The monoisotopic (exact) mass is 242 g/mol. The van der Waals surface area contributed by atoms with Crippen molar-refractivity contribution in [1.29, 1.82) is 0 Å². The van der Waals surface area contributed by atoms with Crippen molar-refractivity contribution in [3.63, 3.8) is 0 Å². The minimum atomic E-state index is -0.414. The Kier molecular flexibility index (Phi) is 5.62. The highest BCUT2D eigenvalue weighted by molar-refractivity contribution is 5.43. The highest BCUT2D eigenvalue weighted by atomic mass is 19.1. The van der Waals surface area contributed by atoms with Crippen LogP contribution >= 0.6 is 0 Å². The summed E-state index contributed by atoms with van der Waals surface area (Å²) in [6, 6.07) is 0. The number of halogens is 1. The number of ether oxygens (including phenoxy) is 1. The zero-order chi connectivity index (χ0) is 12.7. The molecule has 0 fully saturated rings. The van der Waals surface area contributed by atoms with E-state index in [4.69, 9.17) is 4.74 Å². The summed E-state index contributed by atoms with van der Waals surface area (Å²) in [5.74, 6) is 0.310. The molecular formula is C11H19FN4O. The van der Waals surface area contributed by atoms with Crippen molar-refractivity contribution < 1.29 is 9.13 Å². The Morgan fingerprint density at radius 3 is 2.82 bits per heavy atom. The van der Waals surface area contributed by atoms with Crippen molar-refractivity contribution in [2.75, 3.05) is 43.6 Å². The molecule has 1 aromatic heterocycles. The Hall–Kier alpha value is -1.43. The van der Waals surface area contributed by atoms with E-state index in [1.165, 1.54) is 6.20 Å². The van der Waals surface area contributed by atoms with E-state index in [1.807, 2.05) is 18.7 Å². The molecular weight excluding hydrogens is 223 g/mol. The first-order chi connectivity index (χ1) is 8.22. The van der Waals surface area contributed by atoms with Crippen LogP contribution in [0.2, 0.25) is 0 Å². The predicted octanol–water partition coefficient (Wildman–Crippen LogP) is 1.52. The van der Waals surface area contributed by atoms with Gasteiger partial charge in [0.15, 0.2) is 11.6 Å². The van der Waals surface area contributed by atoms with Gasteiger partial charge in [0.25, 0.3) is 0 Å². The maximum absolute atomic E-state index is 13.6. The first kappa shape index (κ1) is 13.6. The highest BCUT2D eigenvalue weighted by Crippen LogP contribution is 2.16. The molecule has 0 aliphatic rings. The van der Waals surface area contributed by atoms with Crippen molar-refractivity contribution >= 4 is 11.8 Å². The van der Waals surface area contributed by atoms with Crippen LogP contribution in [0.1, 0.15) is 13.8 Å². The van der Waals surface area contributed by atoms with Gasteiger partial charge in [-0.3, -0.25) is 0 Å². The molecule has 0 saturated carbocycles. The standard InChI is InChI=1S/C11H19FN4O/c1-4-16(6-7-17-5-2)10-9(12)8-14-11(13-3)15-10/h8H,4-7H2,1-3H3,(H,13,14,15). The molecule has 0 atom stereocenters. The summed E-state index contributed by atoms with van der Waals surface area (Å²) in [7, 11) is 1.70. The predicted molar refractivity (Wildman–Crippen MR) is 65.9 cm³/mol. The Morgan fingerprint density at radius 2 is 2.24 bits per heavy atom. The summed E-state index contributed by atoms with van der Waals surface area (Å²) in [6.45, 7) is 6.38. The second-order valence-electron chi connectivity index (χ2n) is 3.39. The van der Waals surface area contributed by atoms with Crippen molar-refractivity contribution in [2.45, 2.75) is 13.8 Å². The van der Waals surface area contributed by atoms with Gasteiger partial charge in [-0.15, -0.1) is 0 Å². The van der Waals surface area contributed by atoms with E-state index in [-0.39, 0.29) is 0 Å². The molecule has 96 valence electrons. The number of likely N-dealkylation sites (N-methyl/N-ethyl adjacent to an activating group) is 1. The Labute approximate surface area is 101 Å². The first-order valence-electron chi connectivity index (χ1n) is 5.75. The summed E-state index contributed by atoms with van der Waals surface area (Å²) >= 11 is 0. The van der Waals surface area contributed by atoms with Crippen LogP contribution in [0.15, 0.2) is 6.20 Å². The number of hydrogen-bond donors (Lipinski definition) is 1. The van der Waals surface area contributed by atoms with Crippen LogP contribution in [-0.2, 0) is 4.74 Å².